The van der Waals surface area contributed by atoms with Gasteiger partial charge in [0.05, 0.1) is 12.0 Å². The van der Waals surface area contributed by atoms with E-state index < -0.39 is 17.9 Å². The SMILES string of the molecule is CCC(C)[C@H](N)C(=O)NC1C2CCC(C2)C1C(=O)O. The molecule has 2 bridgehead atoms. The molecule has 0 radical (unpaired) electrons. The number of carbonyl (C=O) groups excluding carboxylic acids is 1. The van der Waals surface area contributed by atoms with Crippen LogP contribution in [0, 0.1) is 23.7 Å². The van der Waals surface area contributed by atoms with Gasteiger partial charge in [-0.15, -0.1) is 0 Å². The smallest absolute Gasteiger partial charge is 0.308 e. The van der Waals surface area contributed by atoms with Gasteiger partial charge < -0.3 is 16.2 Å². The highest BCUT2D eigenvalue weighted by atomic mass is 16.4. The number of rotatable bonds is 5. The van der Waals surface area contributed by atoms with Crippen molar-refractivity contribution in [2.24, 2.45) is 29.4 Å². The number of nitrogens with one attached hydrogen (secondary N) is 1. The van der Waals surface area contributed by atoms with Crippen LogP contribution in [0.25, 0.3) is 0 Å². The fraction of sp³-hybridized carbons (Fsp3) is 0.857. The number of carboxylic acids is 1. The van der Waals surface area contributed by atoms with Crippen molar-refractivity contribution < 1.29 is 14.7 Å². The number of aliphatic carboxylic acids is 1. The summed E-state index contributed by atoms with van der Waals surface area (Å²) in [5.74, 6) is -0.742. The standard InChI is InChI=1S/C14H24N2O3/c1-3-7(2)11(15)13(17)16-12-9-5-4-8(6-9)10(12)14(18)19/h7-12H,3-6,15H2,1-2H3,(H,16,17)(H,18,19)/t7?,8?,9?,10?,11-,12?/m0/s1. The van der Waals surface area contributed by atoms with E-state index in [1.807, 2.05) is 13.8 Å². The normalized spacial score (nSPS) is 35.9. The van der Waals surface area contributed by atoms with Crippen molar-refractivity contribution in [2.45, 2.75) is 51.6 Å². The van der Waals surface area contributed by atoms with E-state index in [1.54, 1.807) is 0 Å². The molecule has 1 amide bonds. The highest BCUT2D eigenvalue weighted by molar-refractivity contribution is 5.83. The Bertz CT molecular complexity index is 372. The zero-order chi connectivity index (χ0) is 14.2. The van der Waals surface area contributed by atoms with E-state index in [0.717, 1.165) is 25.7 Å². The van der Waals surface area contributed by atoms with Gasteiger partial charge in [-0.05, 0) is 37.0 Å². The van der Waals surface area contributed by atoms with Crippen molar-refractivity contribution in [1.82, 2.24) is 5.32 Å². The molecule has 6 atom stereocenters. The van der Waals surface area contributed by atoms with Crippen LogP contribution in [0.15, 0.2) is 0 Å². The lowest BCUT2D eigenvalue weighted by Crippen LogP contribution is -2.53. The Morgan fingerprint density at radius 1 is 1.37 bits per heavy atom. The number of carbonyl (C=O) groups is 2. The maximum Gasteiger partial charge on any atom is 0.308 e. The Balaban J connectivity index is 2.01. The minimum absolute atomic E-state index is 0.113. The minimum atomic E-state index is -0.783. The fourth-order valence-electron chi connectivity index (χ4n) is 3.63. The van der Waals surface area contributed by atoms with Gasteiger partial charge in [0.25, 0.3) is 0 Å². The number of nitrogens with two attached hydrogens (primary N) is 1. The third-order valence-corrected chi connectivity index (χ3v) is 5.07. The number of fused-ring (bicyclic) bond motifs is 2. The maximum absolute atomic E-state index is 12.1. The molecule has 0 heterocycles. The van der Waals surface area contributed by atoms with Crippen LogP contribution < -0.4 is 11.1 Å². The van der Waals surface area contributed by atoms with Gasteiger partial charge in [0, 0.05) is 6.04 Å². The first kappa shape index (κ1) is 14.3. The molecule has 0 spiro atoms. The van der Waals surface area contributed by atoms with E-state index in [2.05, 4.69) is 5.32 Å². The van der Waals surface area contributed by atoms with Crippen molar-refractivity contribution in [3.8, 4) is 0 Å². The predicted molar refractivity (Wildman–Crippen MR) is 71.3 cm³/mol. The second-order valence-electron chi connectivity index (χ2n) is 6.14. The molecule has 0 aromatic carbocycles. The van der Waals surface area contributed by atoms with E-state index >= 15 is 0 Å². The molecular formula is C14H24N2O3. The van der Waals surface area contributed by atoms with Crippen LogP contribution in [-0.2, 0) is 9.59 Å². The van der Waals surface area contributed by atoms with Gasteiger partial charge in [0.15, 0.2) is 0 Å². The molecule has 19 heavy (non-hydrogen) atoms. The van der Waals surface area contributed by atoms with Crippen LogP contribution in [0.4, 0.5) is 0 Å². The van der Waals surface area contributed by atoms with Gasteiger partial charge in [-0.3, -0.25) is 9.59 Å². The first-order valence-corrected chi connectivity index (χ1v) is 7.24. The second kappa shape index (κ2) is 5.49. The van der Waals surface area contributed by atoms with Gasteiger partial charge in [0.2, 0.25) is 5.91 Å². The summed E-state index contributed by atoms with van der Waals surface area (Å²) in [5, 5.41) is 12.2. The minimum Gasteiger partial charge on any atom is -0.481 e. The quantitative estimate of drug-likeness (QED) is 0.693. The number of hydrogen-bond acceptors (Lipinski definition) is 3. The Hall–Kier alpha value is -1.10. The Morgan fingerprint density at radius 3 is 2.58 bits per heavy atom. The summed E-state index contributed by atoms with van der Waals surface area (Å²) in [7, 11) is 0. The molecule has 108 valence electrons. The van der Waals surface area contributed by atoms with E-state index in [1.165, 1.54) is 0 Å². The first-order valence-electron chi connectivity index (χ1n) is 7.24. The van der Waals surface area contributed by atoms with Crippen LogP contribution in [-0.4, -0.2) is 29.1 Å². The van der Waals surface area contributed by atoms with Crippen LogP contribution in [0.2, 0.25) is 0 Å². The topological polar surface area (TPSA) is 92.4 Å². The molecule has 2 aliphatic carbocycles. The van der Waals surface area contributed by atoms with E-state index in [4.69, 9.17) is 5.73 Å². The first-order chi connectivity index (χ1) is 8.95. The molecule has 2 rings (SSSR count). The number of carboxylic acid groups (broad SMARTS) is 1. The summed E-state index contributed by atoms with van der Waals surface area (Å²) in [6.07, 6.45) is 3.78. The van der Waals surface area contributed by atoms with E-state index in [0.29, 0.717) is 5.92 Å². The molecule has 2 aliphatic rings. The highest BCUT2D eigenvalue weighted by Crippen LogP contribution is 2.48. The van der Waals surface area contributed by atoms with E-state index in [9.17, 15) is 14.7 Å². The third-order valence-electron chi connectivity index (χ3n) is 5.07. The number of hydrogen-bond donors (Lipinski definition) is 3. The third kappa shape index (κ3) is 2.61. The molecule has 0 aromatic rings. The monoisotopic (exact) mass is 268 g/mol. The Kier molecular flexibility index (Phi) is 4.13. The fourth-order valence-corrected chi connectivity index (χ4v) is 3.63. The van der Waals surface area contributed by atoms with E-state index in [-0.39, 0.29) is 23.8 Å². The molecular weight excluding hydrogens is 244 g/mol. The molecule has 5 heteroatoms. The van der Waals surface area contributed by atoms with Gasteiger partial charge in [-0.1, -0.05) is 20.3 Å². The highest BCUT2D eigenvalue weighted by Gasteiger charge is 2.51. The lowest BCUT2D eigenvalue weighted by molar-refractivity contribution is -0.144. The Labute approximate surface area is 113 Å². The molecule has 0 saturated heterocycles. The van der Waals surface area contributed by atoms with Gasteiger partial charge in [-0.2, -0.15) is 0 Å². The molecule has 0 aliphatic heterocycles. The van der Waals surface area contributed by atoms with Crippen LogP contribution in [0.5, 0.6) is 0 Å². The zero-order valence-electron chi connectivity index (χ0n) is 11.6. The summed E-state index contributed by atoms with van der Waals surface area (Å²) in [6.45, 7) is 3.94. The molecule has 5 nitrogen and oxygen atoms in total. The molecule has 0 aromatic heterocycles. The lowest BCUT2D eigenvalue weighted by Gasteiger charge is -2.30. The molecule has 2 fully saturated rings. The van der Waals surface area contributed by atoms with Crippen molar-refractivity contribution >= 4 is 11.9 Å². The van der Waals surface area contributed by atoms with Gasteiger partial charge in [-0.25, -0.2) is 0 Å². The summed E-state index contributed by atoms with van der Waals surface area (Å²) in [4.78, 5) is 23.5. The van der Waals surface area contributed by atoms with Crippen molar-refractivity contribution in [2.75, 3.05) is 0 Å². The van der Waals surface area contributed by atoms with Crippen LogP contribution in [0.3, 0.4) is 0 Å². The lowest BCUT2D eigenvalue weighted by atomic mass is 9.84. The zero-order valence-corrected chi connectivity index (χ0v) is 11.6. The van der Waals surface area contributed by atoms with Gasteiger partial charge in [0.1, 0.15) is 0 Å². The summed E-state index contributed by atoms with van der Waals surface area (Å²) < 4.78 is 0. The van der Waals surface area contributed by atoms with Crippen molar-refractivity contribution in [3.63, 3.8) is 0 Å². The molecule has 5 unspecified atom stereocenters. The largest absolute Gasteiger partial charge is 0.481 e. The average Bonchev–Trinajstić information content (AvgIpc) is 2.97. The van der Waals surface area contributed by atoms with Crippen molar-refractivity contribution in [3.05, 3.63) is 0 Å². The molecule has 4 N–H and O–H groups in total. The summed E-state index contributed by atoms with van der Waals surface area (Å²) in [5.41, 5.74) is 5.91. The van der Waals surface area contributed by atoms with Crippen LogP contribution in [0.1, 0.15) is 39.5 Å². The molecule has 2 saturated carbocycles. The average molecular weight is 268 g/mol. The van der Waals surface area contributed by atoms with Crippen molar-refractivity contribution in [1.29, 1.82) is 0 Å². The Morgan fingerprint density at radius 2 is 2.00 bits per heavy atom. The van der Waals surface area contributed by atoms with Gasteiger partial charge >= 0.3 is 5.97 Å². The number of amides is 1. The predicted octanol–water partition coefficient (Wildman–Crippen LogP) is 0.975. The van der Waals surface area contributed by atoms with Crippen LogP contribution >= 0.6 is 0 Å². The second-order valence-corrected chi connectivity index (χ2v) is 6.14. The summed E-state index contributed by atoms with van der Waals surface area (Å²) >= 11 is 0. The maximum atomic E-state index is 12.1. The summed E-state index contributed by atoms with van der Waals surface area (Å²) in [6, 6.07) is -0.766.